The van der Waals surface area contributed by atoms with Crippen LogP contribution < -0.4 is 14.4 Å². The zero-order valence-electron chi connectivity index (χ0n) is 70.9. The average Bonchev–Trinajstić information content (AvgIpc) is 0.745. The number of pyridine rings is 8. The lowest BCUT2D eigenvalue weighted by molar-refractivity contribution is -0.525. The van der Waals surface area contributed by atoms with Crippen molar-refractivity contribution >= 4 is 34.6 Å². The molecule has 13 rings (SSSR count). The number of carbonyl (C=O) groups excluding carboxylic acids is 1. The van der Waals surface area contributed by atoms with E-state index in [0.29, 0.717) is 168 Å². The summed E-state index contributed by atoms with van der Waals surface area (Å²) in [6.45, 7) is 16.7. The van der Waals surface area contributed by atoms with Gasteiger partial charge in [0.15, 0.2) is 12.3 Å². The molecule has 0 saturated carbocycles. The van der Waals surface area contributed by atoms with Gasteiger partial charge in [0.2, 0.25) is 17.6 Å². The van der Waals surface area contributed by atoms with E-state index in [9.17, 15) is 20.1 Å². The predicted molar refractivity (Wildman–Crippen MR) is 484 cm³/mol. The topological polar surface area (TPSA) is 262 Å². The van der Waals surface area contributed by atoms with Crippen LogP contribution >= 0.6 is 0 Å². The highest BCUT2D eigenvalue weighted by molar-refractivity contribution is 6.39. The third kappa shape index (κ3) is 28.6. The number of aliphatic imine (C=N–C) groups is 2. The first-order chi connectivity index (χ1) is 61.0. The van der Waals surface area contributed by atoms with E-state index in [0.717, 1.165) is 104 Å². The zero-order chi connectivity index (χ0) is 85.5. The molecule has 24 heteroatoms. The van der Waals surface area contributed by atoms with Gasteiger partial charge in [-0.05, 0) is 219 Å². The average molecular weight is 1670 g/mol. The Bertz CT molecular complexity index is 4950. The third-order valence-electron chi connectivity index (χ3n) is 21.0. The number of carbonyl (C=O) groups is 1. The Morgan fingerprint density at radius 2 is 0.726 bits per heavy atom. The quantitative estimate of drug-likeness (QED) is 0.0105. The van der Waals surface area contributed by atoms with Gasteiger partial charge >= 0.3 is 0 Å². The molecule has 0 atom stereocenters. The van der Waals surface area contributed by atoms with Gasteiger partial charge < -0.3 is 39.2 Å². The number of ketones is 1. The number of aromatic nitrogens is 8. The highest BCUT2D eigenvalue weighted by Gasteiger charge is 2.37. The van der Waals surface area contributed by atoms with Crippen LogP contribution in [0.4, 0.5) is 5.69 Å². The summed E-state index contributed by atoms with van der Waals surface area (Å²) in [4.78, 5) is 71.5. The number of unbranched alkanes of at least 4 members (excludes halogenated alkanes) is 2. The van der Waals surface area contributed by atoms with Gasteiger partial charge in [0, 0.05) is 172 Å². The first-order valence-corrected chi connectivity index (χ1v) is 42.7. The lowest BCUT2D eigenvalue weighted by Crippen LogP contribution is -2.28. The number of ether oxygens (including phenoxy) is 4. The maximum absolute atomic E-state index is 13.8. The number of Topliss-reactive ketones (excluding diaryl/α,β-unsaturated/α-hetero) is 1. The Morgan fingerprint density at radius 3 is 1.03 bits per heavy atom. The summed E-state index contributed by atoms with van der Waals surface area (Å²) >= 11 is 0. The van der Waals surface area contributed by atoms with Gasteiger partial charge in [-0.1, -0.05) is 72.8 Å². The van der Waals surface area contributed by atoms with Gasteiger partial charge in [-0.3, -0.25) is 74.3 Å². The maximum Gasteiger partial charge on any atom is 0.207 e. The van der Waals surface area contributed by atoms with Gasteiger partial charge in [0.05, 0.1) is 76.5 Å². The molecule has 2 aliphatic rings. The Morgan fingerprint density at radius 1 is 0.387 bits per heavy atom. The number of benzene rings is 3. The summed E-state index contributed by atoms with van der Waals surface area (Å²) in [6.07, 6.45) is 25.1. The second kappa shape index (κ2) is 48.0. The second-order valence-electron chi connectivity index (χ2n) is 30.6. The molecule has 0 bridgehead atoms. The zero-order valence-corrected chi connectivity index (χ0v) is 70.9. The number of anilines is 1. The number of rotatable bonds is 50. The number of hydrogen-bond donors (Lipinski definition) is 3. The van der Waals surface area contributed by atoms with E-state index >= 15 is 0 Å². The van der Waals surface area contributed by atoms with Crippen LogP contribution in [0.3, 0.4) is 0 Å². The molecule has 638 valence electrons. The lowest BCUT2D eigenvalue weighted by atomic mass is 9.80. The maximum atomic E-state index is 13.8. The molecule has 8 aromatic heterocycles. The highest BCUT2D eigenvalue weighted by atomic mass is 16.5. The summed E-state index contributed by atoms with van der Waals surface area (Å²) in [5.74, 6) is 1.18. The van der Waals surface area contributed by atoms with Crippen LogP contribution in [0.5, 0.6) is 11.5 Å². The summed E-state index contributed by atoms with van der Waals surface area (Å²) in [5.41, 5.74) is 15.9. The molecule has 3 aromatic carbocycles. The molecule has 0 fully saturated rings. The van der Waals surface area contributed by atoms with Crippen molar-refractivity contribution in [3.05, 3.63) is 370 Å². The number of aliphatic hydroxyl groups is 3. The molecular formula is C100H111N16O8+. The molecule has 2 aliphatic carbocycles. The molecule has 0 spiro atoms. The molecule has 8 heterocycles. The van der Waals surface area contributed by atoms with Gasteiger partial charge in [0.1, 0.15) is 43.6 Å². The monoisotopic (exact) mass is 1660 g/mol. The Balaban J connectivity index is 0.539. The van der Waals surface area contributed by atoms with Gasteiger partial charge in [-0.15, -0.1) is 0 Å². The van der Waals surface area contributed by atoms with Crippen molar-refractivity contribution < 1.29 is 43.6 Å². The van der Waals surface area contributed by atoms with Crippen LogP contribution in [-0.2, 0) is 92.8 Å². The molecule has 24 nitrogen and oxygen atoms in total. The molecule has 124 heavy (non-hydrogen) atoms. The molecule has 11 aromatic rings. The fourth-order valence-electron chi connectivity index (χ4n) is 15.0. The first-order valence-electron chi connectivity index (χ1n) is 42.7. The summed E-state index contributed by atoms with van der Waals surface area (Å²) < 4.78 is 27.1. The minimum absolute atomic E-state index is 0.0136. The smallest absolute Gasteiger partial charge is 0.207 e. The molecular weight excluding hydrogens is 1550 g/mol. The van der Waals surface area contributed by atoms with E-state index in [-0.39, 0.29) is 47.7 Å². The van der Waals surface area contributed by atoms with Crippen molar-refractivity contribution in [1.29, 1.82) is 0 Å². The van der Waals surface area contributed by atoms with E-state index in [4.69, 9.17) is 18.9 Å². The van der Waals surface area contributed by atoms with Crippen LogP contribution in [0.25, 0.3) is 5.57 Å². The first kappa shape index (κ1) is 88.8. The van der Waals surface area contributed by atoms with Crippen molar-refractivity contribution in [2.24, 2.45) is 9.98 Å². The second-order valence-corrected chi connectivity index (χ2v) is 30.6. The normalized spacial score (nSPS) is 13.0. The van der Waals surface area contributed by atoms with Crippen molar-refractivity contribution in [1.82, 2.24) is 59.5 Å². The largest absolute Gasteiger partial charge is 0.506 e. The molecule has 0 unspecified atom stereocenters. The number of likely N-dealkylation sites (N-methyl/N-ethyl adjacent to an activating group) is 2. The van der Waals surface area contributed by atoms with E-state index in [1.807, 2.05) is 195 Å². The Kier molecular flexibility index (Phi) is 34.4. The van der Waals surface area contributed by atoms with E-state index < -0.39 is 0 Å². The van der Waals surface area contributed by atoms with Gasteiger partial charge in [-0.2, -0.15) is 0 Å². The predicted octanol–water partition coefficient (Wildman–Crippen LogP) is 15.9. The van der Waals surface area contributed by atoms with Crippen molar-refractivity contribution in [2.75, 3.05) is 83.8 Å². The third-order valence-corrected chi connectivity index (χ3v) is 21.0. The molecule has 0 radical (unpaired) electrons. The van der Waals surface area contributed by atoms with Crippen molar-refractivity contribution in [3.8, 4) is 11.5 Å². The van der Waals surface area contributed by atoms with Crippen LogP contribution in [0.1, 0.15) is 113 Å². The van der Waals surface area contributed by atoms with Crippen LogP contribution in [0.2, 0.25) is 0 Å². The summed E-state index contributed by atoms with van der Waals surface area (Å²) in [7, 11) is 0. The van der Waals surface area contributed by atoms with E-state index in [2.05, 4.69) is 178 Å². The van der Waals surface area contributed by atoms with Crippen molar-refractivity contribution in [2.45, 2.75) is 118 Å². The minimum atomic E-state index is -0.222. The lowest BCUT2D eigenvalue weighted by Gasteiger charge is -2.25. The number of allylic oxidation sites excluding steroid dienone is 7. The van der Waals surface area contributed by atoms with Gasteiger partial charge in [0.25, 0.3) is 0 Å². The van der Waals surface area contributed by atoms with Crippen LogP contribution in [-0.4, -0.2) is 182 Å². The fourth-order valence-corrected chi connectivity index (χ4v) is 15.0. The molecule has 0 aliphatic heterocycles. The standard InChI is InChI=1S/C100H110N16O8/c1-3-115(51-55-121-75-95(117)109-49-21-23-53-123-93-59-77(63-111(67-83-25-5-13-41-101-83)68-84-26-6-14-42-102-84)57-78(60-93)64-112(69-85-27-7-15-43-103-85)70-86-28-8-16-44-104-86)91-37-33-81(34-38-91)97-99(119)98(100(97)120)82-35-39-92(40-36-82)116(4-2)52-56-122-76-96(118)110-50-22-24-54-124-94-61-79(65-113(71-87-29-9-17-45-105-87)72-88-30-10-18-46-106-88)58-80(62-94)66-114(73-89-31-11-19-47-107-89)74-90-32-12-20-48-108-90/h5-20,25-48,57-62H,3-4,21-24,49-56,63-76H2,1-2H3,(H2-,109,110,117,118,119,120)/p+1. The Hall–Kier alpha value is -12.9. The summed E-state index contributed by atoms with van der Waals surface area (Å²) in [5, 5.41) is 32.9. The number of nitrogens with zero attached hydrogens (tertiary/aromatic N) is 16. The van der Waals surface area contributed by atoms with E-state index in [1.54, 1.807) is 0 Å². The van der Waals surface area contributed by atoms with Gasteiger partial charge in [-0.25, -0.2) is 4.58 Å². The highest BCUT2D eigenvalue weighted by Crippen LogP contribution is 2.40. The van der Waals surface area contributed by atoms with Crippen molar-refractivity contribution in [3.63, 3.8) is 0 Å². The number of aliphatic hydroxyl groups excluding tert-OH is 3. The molecule has 3 N–H and O–H groups in total. The van der Waals surface area contributed by atoms with Crippen LogP contribution in [0, 0.1) is 0 Å². The Labute approximate surface area is 727 Å². The minimum Gasteiger partial charge on any atom is -0.506 e. The number of hydrogen-bond acceptors (Lipinski definition) is 21. The SMILES string of the molecule is CCN(CCOCC(O)=NCCCCOc1cc(CN(Cc2ccccn2)Cc2ccccn2)cc(CN(Cc2ccccn2)Cc2ccccn2)c1)c1ccc(C2=C(O)C(=C3C=CC(=[N+](CC)CCOCC(O)=NCCCCOc4cc(CN(Cc5ccccn5)Cc5ccccn5)cc(CN(Cc5ccccn5)Cc5ccccn5)c4)C=C3)C2=O)cc1. The molecule has 0 amide bonds. The summed E-state index contributed by atoms with van der Waals surface area (Å²) in [6, 6.07) is 68.7. The van der Waals surface area contributed by atoms with E-state index in [1.165, 1.54) is 0 Å². The molecule has 0 saturated heterocycles. The van der Waals surface area contributed by atoms with Crippen LogP contribution in [0.15, 0.2) is 307 Å². The fraction of sp³-hybridized carbons (Fsp3) is 0.300.